The number of hydrogen-bond acceptors (Lipinski definition) is 3. The zero-order chi connectivity index (χ0) is 18.3. The first-order valence-electron chi connectivity index (χ1n) is 11.1. The highest BCUT2D eigenvalue weighted by Crippen LogP contribution is 2.31. The van der Waals surface area contributed by atoms with Crippen molar-refractivity contribution in [2.24, 2.45) is 5.92 Å². The van der Waals surface area contributed by atoms with E-state index >= 15 is 0 Å². The smallest absolute Gasteiger partial charge is 0.313 e. The molecule has 1 rings (SSSR count). The second-order valence-electron chi connectivity index (χ2n) is 7.94. The molecule has 3 heteroatoms. The predicted octanol–water partition coefficient (Wildman–Crippen LogP) is 6.17. The van der Waals surface area contributed by atoms with E-state index in [1.165, 1.54) is 70.6 Å². The van der Waals surface area contributed by atoms with Crippen LogP contribution in [0.3, 0.4) is 0 Å². The van der Waals surface area contributed by atoms with Crippen LogP contribution in [0.15, 0.2) is 0 Å². The second kappa shape index (κ2) is 14.6. The number of aliphatic hydroxyl groups excluding tert-OH is 1. The monoisotopic (exact) mass is 354 g/mol. The van der Waals surface area contributed by atoms with E-state index in [0.717, 1.165) is 25.7 Å². The molecule has 3 atom stereocenters. The Kier molecular flexibility index (Phi) is 13.1. The maximum atomic E-state index is 11.7. The molecular formula is C22H42O3. The number of unbranched alkanes of at least 4 members (excludes halogenated alkanes) is 11. The van der Waals surface area contributed by atoms with Crippen molar-refractivity contribution in [3.63, 3.8) is 0 Å². The minimum Gasteiger partial charge on any atom is -0.461 e. The van der Waals surface area contributed by atoms with Gasteiger partial charge in [-0.3, -0.25) is 4.79 Å². The average Bonchev–Trinajstić information content (AvgIpc) is 2.59. The Balaban J connectivity index is 2.03. The van der Waals surface area contributed by atoms with Crippen molar-refractivity contribution in [3.8, 4) is 0 Å². The molecule has 0 aromatic carbocycles. The summed E-state index contributed by atoms with van der Waals surface area (Å²) < 4.78 is 5.29. The van der Waals surface area contributed by atoms with E-state index in [1.54, 1.807) is 0 Å². The van der Waals surface area contributed by atoms with E-state index in [-0.39, 0.29) is 24.1 Å². The molecular weight excluding hydrogens is 312 g/mol. The van der Waals surface area contributed by atoms with E-state index in [9.17, 15) is 9.90 Å². The summed E-state index contributed by atoms with van der Waals surface area (Å²) in [5.41, 5.74) is 0. The van der Waals surface area contributed by atoms with Crippen LogP contribution in [0.2, 0.25) is 0 Å². The van der Waals surface area contributed by atoms with Crippen molar-refractivity contribution in [1.82, 2.24) is 0 Å². The Morgan fingerprint density at radius 2 is 1.36 bits per heavy atom. The van der Waals surface area contributed by atoms with Crippen molar-refractivity contribution in [3.05, 3.63) is 0 Å². The molecule has 0 bridgehead atoms. The van der Waals surface area contributed by atoms with Gasteiger partial charge in [0.05, 0.1) is 12.0 Å². The number of cyclic esters (lactones) is 1. The molecule has 0 aromatic heterocycles. The molecule has 148 valence electrons. The van der Waals surface area contributed by atoms with E-state index in [2.05, 4.69) is 13.8 Å². The molecule has 1 aliphatic heterocycles. The molecule has 25 heavy (non-hydrogen) atoms. The molecule has 1 N–H and O–H groups in total. The largest absolute Gasteiger partial charge is 0.461 e. The summed E-state index contributed by atoms with van der Waals surface area (Å²) in [5.74, 6) is 0.0120. The van der Waals surface area contributed by atoms with Crippen LogP contribution in [0, 0.1) is 5.92 Å². The molecule has 1 unspecified atom stereocenters. The molecule has 1 aliphatic rings. The maximum absolute atomic E-state index is 11.7. The fourth-order valence-electron chi connectivity index (χ4n) is 3.78. The van der Waals surface area contributed by atoms with Gasteiger partial charge < -0.3 is 9.84 Å². The van der Waals surface area contributed by atoms with Gasteiger partial charge in [0, 0.05) is 6.42 Å². The summed E-state index contributed by atoms with van der Waals surface area (Å²) in [6, 6.07) is 0. The summed E-state index contributed by atoms with van der Waals surface area (Å²) in [6.07, 6.45) is 18.5. The van der Waals surface area contributed by atoms with E-state index < -0.39 is 0 Å². The van der Waals surface area contributed by atoms with Gasteiger partial charge in [-0.1, -0.05) is 97.3 Å². The van der Waals surface area contributed by atoms with Crippen LogP contribution >= 0.6 is 0 Å². The fraction of sp³-hybridized carbons (Fsp3) is 0.955. The summed E-state index contributed by atoms with van der Waals surface area (Å²) in [6.45, 7) is 4.46. The fourth-order valence-corrected chi connectivity index (χ4v) is 3.78. The molecule has 0 aliphatic carbocycles. The minimum atomic E-state index is -0.305. The number of carbonyl (C=O) groups excluding carboxylic acids is 1. The van der Waals surface area contributed by atoms with Crippen molar-refractivity contribution in [2.75, 3.05) is 0 Å². The number of aliphatic hydroxyl groups is 1. The lowest BCUT2D eigenvalue weighted by Gasteiger charge is -2.36. The van der Waals surface area contributed by atoms with Gasteiger partial charge in [-0.15, -0.1) is 0 Å². The lowest BCUT2D eigenvalue weighted by Crippen LogP contribution is -2.46. The lowest BCUT2D eigenvalue weighted by molar-refractivity contribution is -0.188. The number of esters is 1. The number of ether oxygens (including phenoxy) is 1. The van der Waals surface area contributed by atoms with Gasteiger partial charge in [-0.2, -0.15) is 0 Å². The Labute approximate surface area is 155 Å². The van der Waals surface area contributed by atoms with Crippen LogP contribution in [0.1, 0.15) is 117 Å². The minimum absolute atomic E-state index is 0.0253. The van der Waals surface area contributed by atoms with Gasteiger partial charge in [0.25, 0.3) is 0 Å². The van der Waals surface area contributed by atoms with Crippen molar-refractivity contribution in [2.45, 2.75) is 129 Å². The molecule has 0 amide bonds. The Morgan fingerprint density at radius 3 is 1.92 bits per heavy atom. The van der Waals surface area contributed by atoms with Crippen molar-refractivity contribution >= 4 is 5.97 Å². The number of carbonyl (C=O) groups is 1. The van der Waals surface area contributed by atoms with Crippen LogP contribution in [0.4, 0.5) is 0 Å². The van der Waals surface area contributed by atoms with Gasteiger partial charge >= 0.3 is 5.97 Å². The lowest BCUT2D eigenvalue weighted by atomic mass is 9.86. The average molecular weight is 355 g/mol. The van der Waals surface area contributed by atoms with Gasteiger partial charge in [0.1, 0.15) is 6.10 Å². The van der Waals surface area contributed by atoms with Gasteiger partial charge in [0.2, 0.25) is 0 Å². The van der Waals surface area contributed by atoms with Crippen LogP contribution in [-0.4, -0.2) is 23.3 Å². The second-order valence-corrected chi connectivity index (χ2v) is 7.94. The molecule has 1 saturated heterocycles. The van der Waals surface area contributed by atoms with Gasteiger partial charge in [-0.05, 0) is 12.8 Å². The van der Waals surface area contributed by atoms with Crippen LogP contribution in [0.5, 0.6) is 0 Å². The van der Waals surface area contributed by atoms with Crippen LogP contribution < -0.4 is 0 Å². The third kappa shape index (κ3) is 10.2. The zero-order valence-corrected chi connectivity index (χ0v) is 16.8. The first-order chi connectivity index (χ1) is 12.2. The van der Waals surface area contributed by atoms with Gasteiger partial charge in [0.15, 0.2) is 0 Å². The topological polar surface area (TPSA) is 46.5 Å². The van der Waals surface area contributed by atoms with Crippen molar-refractivity contribution in [1.29, 1.82) is 0 Å². The zero-order valence-electron chi connectivity index (χ0n) is 16.8. The van der Waals surface area contributed by atoms with Crippen LogP contribution in [-0.2, 0) is 9.53 Å². The molecule has 0 radical (unpaired) electrons. The highest BCUT2D eigenvalue weighted by atomic mass is 16.6. The SMILES string of the molecule is CCCCCCCCCC[C@H]1C(=O)O[C@@H]1CC(O)CCCCCCC. The van der Waals surface area contributed by atoms with Crippen LogP contribution in [0.25, 0.3) is 0 Å². The molecule has 1 fully saturated rings. The first-order valence-corrected chi connectivity index (χ1v) is 11.1. The molecule has 0 spiro atoms. The van der Waals surface area contributed by atoms with Gasteiger partial charge in [-0.25, -0.2) is 0 Å². The number of hydrogen-bond donors (Lipinski definition) is 1. The summed E-state index contributed by atoms with van der Waals surface area (Å²) in [4.78, 5) is 11.7. The molecule has 1 heterocycles. The highest BCUT2D eigenvalue weighted by molar-refractivity contribution is 5.78. The predicted molar refractivity (Wildman–Crippen MR) is 105 cm³/mol. The highest BCUT2D eigenvalue weighted by Gasteiger charge is 2.42. The van der Waals surface area contributed by atoms with Crippen molar-refractivity contribution < 1.29 is 14.6 Å². The third-order valence-corrected chi connectivity index (χ3v) is 5.53. The van der Waals surface area contributed by atoms with E-state index in [1.807, 2.05) is 0 Å². The summed E-state index contributed by atoms with van der Waals surface area (Å²) >= 11 is 0. The summed E-state index contributed by atoms with van der Waals surface area (Å²) in [5, 5.41) is 10.2. The summed E-state index contributed by atoms with van der Waals surface area (Å²) in [7, 11) is 0. The van der Waals surface area contributed by atoms with E-state index in [0.29, 0.717) is 6.42 Å². The molecule has 0 aromatic rings. The molecule has 0 saturated carbocycles. The molecule has 3 nitrogen and oxygen atoms in total. The number of rotatable bonds is 17. The standard InChI is InChI=1S/C22H42O3/c1-3-5-7-9-10-11-13-15-17-20-21(25-22(20)24)18-19(23)16-14-12-8-6-4-2/h19-21,23H,3-18H2,1-2H3/t19?,20-,21-/m1/s1. The Hall–Kier alpha value is -0.570. The quantitative estimate of drug-likeness (QED) is 0.251. The first kappa shape index (κ1) is 22.5. The maximum Gasteiger partial charge on any atom is 0.313 e. The third-order valence-electron chi connectivity index (χ3n) is 5.53. The Morgan fingerprint density at radius 1 is 0.840 bits per heavy atom. The normalized spacial score (nSPS) is 21.0. The van der Waals surface area contributed by atoms with E-state index in [4.69, 9.17) is 4.74 Å². The Bertz CT molecular complexity index is 329.